The lowest BCUT2D eigenvalue weighted by atomic mass is 10.00. The number of fused-ring (bicyclic) bond motifs is 1. The van der Waals surface area contributed by atoms with Crippen molar-refractivity contribution in [2.45, 2.75) is 169 Å². The van der Waals surface area contributed by atoms with Crippen LogP contribution in [0.3, 0.4) is 0 Å². The summed E-state index contributed by atoms with van der Waals surface area (Å²) < 4.78 is 6.62. The number of nitrogens with two attached hydrogens (primary N) is 4. The highest BCUT2D eigenvalue weighted by Crippen LogP contribution is 2.34. The number of hydrogen-bond acceptors (Lipinski definition) is 23. The number of nitrogens with zero attached hydrogens (tertiary/aromatic N) is 4. The Hall–Kier alpha value is -10.8. The SMILES string of the molecule is CNC(=O)c1ccccc1Sc1ccc2c(/C=C/c3ccccn3)nn(C(=O)N(CCOC(=O)C(C)C)CCC(=O)N[C@H](C(=O)N[C@@H](CCN)C(=O)N[C@H]3CCNC(=O)[C@@H]([C@@H](C)O)NC(=O)[C@H](CCN)NC(=O)[C@H](CCN)NC(=O)[C@H](CC(C)C)NC(=O)[C@@H](Cc4ccccc4)NC(=O)[C@H](CCN)NC3=O)[C@@H](C)O)c2c1. The number of aliphatic hydroxyl groups excluding tert-OH is 2. The van der Waals surface area contributed by atoms with E-state index in [4.69, 9.17) is 32.8 Å². The van der Waals surface area contributed by atoms with Crippen LogP contribution in [-0.4, -0.2) is 233 Å². The molecule has 1 fully saturated rings. The van der Waals surface area contributed by atoms with E-state index >= 15 is 4.79 Å². The lowest BCUT2D eigenvalue weighted by Gasteiger charge is -2.28. The van der Waals surface area contributed by atoms with Crippen molar-refractivity contribution in [3.8, 4) is 0 Å². The molecule has 3 aromatic carbocycles. The average molecular weight is 1560 g/mol. The number of amides is 12. The van der Waals surface area contributed by atoms with Gasteiger partial charge in [0.05, 0.1) is 47.1 Å². The molecule has 0 radical (unpaired) electrons. The summed E-state index contributed by atoms with van der Waals surface area (Å²) in [6, 6.07) is 11.2. The van der Waals surface area contributed by atoms with Crippen molar-refractivity contribution in [3.05, 3.63) is 120 Å². The van der Waals surface area contributed by atoms with Gasteiger partial charge in [0.1, 0.15) is 61.0 Å². The van der Waals surface area contributed by atoms with Crippen LogP contribution in [0.15, 0.2) is 107 Å². The number of aromatic nitrogens is 3. The molecule has 0 aliphatic carbocycles. The third-order valence-corrected chi connectivity index (χ3v) is 18.7. The molecule has 0 spiro atoms. The predicted octanol–water partition coefficient (Wildman–Crippen LogP) is -1.70. The monoisotopic (exact) mass is 1560 g/mol. The summed E-state index contributed by atoms with van der Waals surface area (Å²) in [5.41, 5.74) is 26.0. The van der Waals surface area contributed by atoms with E-state index in [2.05, 4.69) is 63.5 Å². The summed E-state index contributed by atoms with van der Waals surface area (Å²) in [5, 5.41) is 55.5. The topological polar surface area (TPSA) is 542 Å². The van der Waals surface area contributed by atoms with Crippen LogP contribution in [0.2, 0.25) is 0 Å². The van der Waals surface area contributed by atoms with E-state index in [1.807, 2.05) is 0 Å². The van der Waals surface area contributed by atoms with Crippen LogP contribution < -0.4 is 81.4 Å². The molecule has 2 aromatic heterocycles. The van der Waals surface area contributed by atoms with Gasteiger partial charge in [0, 0.05) is 54.4 Å². The Morgan fingerprint density at radius 2 is 1.26 bits per heavy atom. The maximum Gasteiger partial charge on any atom is 0.345 e. The molecule has 21 N–H and O–H groups in total. The molecule has 12 amide bonds. The first-order valence-corrected chi connectivity index (χ1v) is 37.6. The van der Waals surface area contributed by atoms with Gasteiger partial charge in [-0.05, 0) is 145 Å². The average Bonchev–Trinajstić information content (AvgIpc) is 1.63. The fourth-order valence-corrected chi connectivity index (χ4v) is 12.6. The molecule has 0 saturated carbocycles. The van der Waals surface area contributed by atoms with Crippen LogP contribution in [0.5, 0.6) is 0 Å². The Morgan fingerprint density at radius 1 is 0.667 bits per heavy atom. The molecule has 35 nitrogen and oxygen atoms in total. The normalized spacial score (nSPS) is 19.7. The Kier molecular flexibility index (Phi) is 36.0. The standard InChI is InChI=1S/C75H105N19O16S/c1-42(2)39-57-70(104)85-52(24-30-76)65(99)84-55(27-33-79)69(103)91-62(44(5)95)72(106)82-35-28-56(68(102)83-53(25-31-77)67(101)89-58(71(105)88-57)40-46-15-9-8-10-16-46)86-66(100)54(26-32-78)87-73(107)63(45(6)96)90-61(97)29-36-93(37-38-110-74(108)43(3)4)75(109)94-59-41-48(111-60-19-12-11-18-50(60)64(98)80-7)21-22-49(59)51(92-94)23-20-47-17-13-14-34-81-47/h8-23,34,41-45,52-58,62-63,95-96H,24-33,35-40,76-79H2,1-7H3,(H,80,98)(H,82,106)(H,83,102)(H,84,99)(H,85,104)(H,86,100)(H,87,107)(H,88,105)(H,89,101)(H,90,97)(H,91,103)/b23-20+/t44-,45-,52+,53+,54+,55+,56+,57+,58-,62-,63+/m1/s1. The Labute approximate surface area is 647 Å². The number of pyridine rings is 1. The Balaban J connectivity index is 1.29. The van der Waals surface area contributed by atoms with Crippen molar-refractivity contribution in [1.82, 2.24) is 78.1 Å². The van der Waals surface area contributed by atoms with Crippen LogP contribution in [0.4, 0.5) is 4.79 Å². The number of rotatable bonds is 31. The van der Waals surface area contributed by atoms with Crippen LogP contribution in [0.25, 0.3) is 23.1 Å². The van der Waals surface area contributed by atoms with Gasteiger partial charge in [-0.25, -0.2) is 4.79 Å². The molecule has 1 aliphatic heterocycles. The maximum atomic E-state index is 15.1. The lowest BCUT2D eigenvalue weighted by Crippen LogP contribution is -2.61. The highest BCUT2D eigenvalue weighted by Gasteiger charge is 2.38. The number of hydrogen-bond donors (Lipinski definition) is 17. The number of aliphatic hydroxyl groups is 2. The molecular formula is C75H105N19O16S. The summed E-state index contributed by atoms with van der Waals surface area (Å²) in [4.78, 5) is 191. The first kappa shape index (κ1) is 89.1. The van der Waals surface area contributed by atoms with Crippen LogP contribution >= 0.6 is 11.8 Å². The molecule has 111 heavy (non-hydrogen) atoms. The smallest absolute Gasteiger partial charge is 0.345 e. The number of nitrogens with one attached hydrogen (secondary N) is 11. The second-order valence-corrected chi connectivity index (χ2v) is 28.3. The van der Waals surface area contributed by atoms with Gasteiger partial charge in [-0.2, -0.15) is 9.78 Å². The van der Waals surface area contributed by atoms with Gasteiger partial charge < -0.3 is 101 Å². The molecular weight excluding hydrogens is 1460 g/mol. The van der Waals surface area contributed by atoms with Gasteiger partial charge >= 0.3 is 12.0 Å². The molecule has 602 valence electrons. The zero-order valence-corrected chi connectivity index (χ0v) is 64.1. The molecule has 0 bridgehead atoms. The molecule has 0 unspecified atom stereocenters. The molecule has 5 aromatic rings. The third-order valence-electron chi connectivity index (χ3n) is 17.6. The highest BCUT2D eigenvalue weighted by atomic mass is 32.2. The lowest BCUT2D eigenvalue weighted by molar-refractivity contribution is -0.147. The number of esters is 1. The van der Waals surface area contributed by atoms with Crippen LogP contribution in [0.1, 0.15) is 114 Å². The molecule has 1 saturated heterocycles. The molecule has 6 rings (SSSR count). The van der Waals surface area contributed by atoms with E-state index in [9.17, 15) is 67.7 Å². The first-order valence-electron chi connectivity index (χ1n) is 36.8. The minimum absolute atomic E-state index is 0.0191. The quantitative estimate of drug-likeness (QED) is 0.0220. The number of benzene rings is 3. The van der Waals surface area contributed by atoms with Gasteiger partial charge in [0.2, 0.25) is 59.1 Å². The Morgan fingerprint density at radius 3 is 1.86 bits per heavy atom. The van der Waals surface area contributed by atoms with Crippen molar-refractivity contribution in [3.63, 3.8) is 0 Å². The fourth-order valence-electron chi connectivity index (χ4n) is 11.6. The third kappa shape index (κ3) is 27.3. The van der Waals surface area contributed by atoms with E-state index in [0.717, 1.165) is 4.68 Å². The van der Waals surface area contributed by atoms with E-state index in [0.29, 0.717) is 43.2 Å². The molecule has 36 heteroatoms. The maximum absolute atomic E-state index is 15.1. The second-order valence-electron chi connectivity index (χ2n) is 27.2. The van der Waals surface area contributed by atoms with Gasteiger partial charge in [-0.3, -0.25) is 62.5 Å². The van der Waals surface area contributed by atoms with Crippen molar-refractivity contribution in [2.24, 2.45) is 34.8 Å². The summed E-state index contributed by atoms with van der Waals surface area (Å²) >= 11 is 1.26. The number of ether oxygens (including phenoxy) is 1. The van der Waals surface area contributed by atoms with E-state index in [-0.39, 0.29) is 89.7 Å². The molecule has 11 atom stereocenters. The summed E-state index contributed by atoms with van der Waals surface area (Å²) in [6.07, 6.45) is -0.455. The van der Waals surface area contributed by atoms with Gasteiger partial charge in [-0.15, -0.1) is 0 Å². The van der Waals surface area contributed by atoms with E-state index in [1.54, 1.807) is 137 Å². The second kappa shape index (κ2) is 44.8. The van der Waals surface area contributed by atoms with Crippen LogP contribution in [-0.2, 0) is 63.9 Å². The summed E-state index contributed by atoms with van der Waals surface area (Å²) in [7, 11) is 1.51. The molecule has 3 heterocycles. The van der Waals surface area contributed by atoms with Crippen molar-refractivity contribution >= 4 is 112 Å². The first-order chi connectivity index (χ1) is 53.0. The van der Waals surface area contributed by atoms with Crippen molar-refractivity contribution < 1.29 is 77.3 Å². The minimum atomic E-state index is -1.81. The number of carbonyl (C=O) groups is 13. The zero-order valence-electron chi connectivity index (χ0n) is 63.3. The fraction of sp³-hybridized carbons (Fsp3) is 0.480. The zero-order chi connectivity index (χ0) is 81.4. The van der Waals surface area contributed by atoms with Crippen LogP contribution in [0, 0.1) is 11.8 Å². The summed E-state index contributed by atoms with van der Waals surface area (Å²) in [5.74, 6) is -11.4. The van der Waals surface area contributed by atoms with Crippen molar-refractivity contribution in [1.29, 1.82) is 0 Å². The summed E-state index contributed by atoms with van der Waals surface area (Å²) in [6.45, 7) is 6.82. The van der Waals surface area contributed by atoms with E-state index < -0.39 is 170 Å². The van der Waals surface area contributed by atoms with Gasteiger partial charge in [0.15, 0.2) is 0 Å². The minimum Gasteiger partial charge on any atom is -0.464 e. The predicted molar refractivity (Wildman–Crippen MR) is 412 cm³/mol. The van der Waals surface area contributed by atoms with Gasteiger partial charge in [0.25, 0.3) is 5.91 Å². The number of carbonyl (C=O) groups excluding carboxylic acids is 13. The largest absolute Gasteiger partial charge is 0.464 e. The van der Waals surface area contributed by atoms with Crippen molar-refractivity contribution in [2.75, 3.05) is 59.5 Å². The van der Waals surface area contributed by atoms with E-state index in [1.165, 1.54) is 37.6 Å². The Bertz CT molecular complexity index is 4050. The molecule has 1 aliphatic rings. The van der Waals surface area contributed by atoms with Gasteiger partial charge in [-0.1, -0.05) is 88.0 Å². The highest BCUT2D eigenvalue weighted by molar-refractivity contribution is 7.99.